The number of hydrogen-bond donors (Lipinski definition) is 1. The van der Waals surface area contributed by atoms with Gasteiger partial charge in [0.1, 0.15) is 5.78 Å². The standard InChI is InChI=1S/C21H23ClF2N4O3.2H2S/c1-3-16(17-4-6-25-27-17)26-20(30)21(31)28-7-5-13(11(28)2)18(29)10-12-8-14(22)19(24)15(23)9-12;;/h4,8-9,11,13,16H,3,5-7,10H2,1-2H3,(H,26,30);2*1H2/t11-,13-,16+;;/m0../s1. The summed E-state index contributed by atoms with van der Waals surface area (Å²) in [6, 6.07) is 1.25. The summed E-state index contributed by atoms with van der Waals surface area (Å²) in [6.07, 6.45) is 2.58. The van der Waals surface area contributed by atoms with Crippen LogP contribution in [0.4, 0.5) is 8.78 Å². The summed E-state index contributed by atoms with van der Waals surface area (Å²) in [6.45, 7) is 4.26. The van der Waals surface area contributed by atoms with E-state index in [1.54, 1.807) is 13.0 Å². The molecule has 0 bridgehead atoms. The van der Waals surface area contributed by atoms with Crippen molar-refractivity contribution in [2.75, 3.05) is 13.1 Å². The summed E-state index contributed by atoms with van der Waals surface area (Å²) >= 11 is 5.65. The minimum atomic E-state index is -1.16. The maximum Gasteiger partial charge on any atom is 0.312 e. The normalized spacial score (nSPS) is 19.9. The van der Waals surface area contributed by atoms with E-state index in [4.69, 9.17) is 11.6 Å². The number of hydrogen-bond acceptors (Lipinski definition) is 5. The third kappa shape index (κ3) is 6.54. The zero-order valence-electron chi connectivity index (χ0n) is 18.2. The van der Waals surface area contributed by atoms with E-state index in [0.29, 0.717) is 25.1 Å². The van der Waals surface area contributed by atoms with Crippen LogP contribution in [0.15, 0.2) is 34.1 Å². The number of carbonyl (C=O) groups excluding carboxylic acids is 3. The van der Waals surface area contributed by atoms with Crippen LogP contribution in [0.5, 0.6) is 0 Å². The van der Waals surface area contributed by atoms with Crippen LogP contribution >= 0.6 is 38.6 Å². The number of amides is 2. The van der Waals surface area contributed by atoms with Crippen molar-refractivity contribution in [1.29, 1.82) is 0 Å². The Labute approximate surface area is 209 Å². The van der Waals surface area contributed by atoms with E-state index in [9.17, 15) is 23.2 Å². The van der Waals surface area contributed by atoms with Crippen LogP contribution in [0.1, 0.15) is 32.3 Å². The second-order valence-corrected chi connectivity index (χ2v) is 8.05. The number of likely N-dealkylation sites (tertiary alicyclic amines) is 1. The molecule has 0 aromatic heterocycles. The fourth-order valence-electron chi connectivity index (χ4n) is 3.94. The van der Waals surface area contributed by atoms with E-state index < -0.39 is 46.5 Å². The molecule has 2 heterocycles. The van der Waals surface area contributed by atoms with Gasteiger partial charge in [0, 0.05) is 24.9 Å². The highest BCUT2D eigenvalue weighted by Crippen LogP contribution is 2.28. The number of rotatable bonds is 6. The summed E-state index contributed by atoms with van der Waals surface area (Å²) in [5.41, 5.74) is 0.879. The first-order chi connectivity index (χ1) is 14.7. The Morgan fingerprint density at radius 2 is 1.97 bits per heavy atom. The van der Waals surface area contributed by atoms with Crippen LogP contribution in [0.3, 0.4) is 0 Å². The molecule has 0 spiro atoms. The number of nitrogens with one attached hydrogen (secondary N) is 1. The molecule has 1 aromatic carbocycles. The summed E-state index contributed by atoms with van der Waals surface area (Å²) < 4.78 is 26.9. The number of halogens is 3. The van der Waals surface area contributed by atoms with Gasteiger partial charge >= 0.3 is 11.8 Å². The third-order valence-electron chi connectivity index (χ3n) is 5.68. The van der Waals surface area contributed by atoms with Crippen molar-refractivity contribution < 1.29 is 23.2 Å². The first kappa shape index (κ1) is 29.1. The molecule has 1 aromatic rings. The lowest BCUT2D eigenvalue weighted by molar-refractivity contribution is -0.147. The second-order valence-electron chi connectivity index (χ2n) is 7.64. The molecule has 0 unspecified atom stereocenters. The van der Waals surface area contributed by atoms with Crippen LogP contribution < -0.4 is 5.32 Å². The molecule has 33 heavy (non-hydrogen) atoms. The topological polar surface area (TPSA) is 91.2 Å². The van der Waals surface area contributed by atoms with Crippen LogP contribution in [0, 0.1) is 17.6 Å². The summed E-state index contributed by atoms with van der Waals surface area (Å²) in [5.74, 6) is -4.50. The smallest absolute Gasteiger partial charge is 0.312 e. The molecule has 0 aliphatic carbocycles. The SMILES string of the molecule is CC[C@@H](NC(=O)C(=O)N1CC[C@H](C(=O)Cc2cc(F)c(F)c(Cl)c2)[C@@H]1C)C1=CCN=N1.S.S. The highest BCUT2D eigenvalue weighted by atomic mass is 35.5. The zero-order chi connectivity index (χ0) is 22.7. The van der Waals surface area contributed by atoms with Crippen molar-refractivity contribution in [3.05, 3.63) is 46.1 Å². The maximum absolute atomic E-state index is 13.6. The average molecular weight is 521 g/mol. The number of carbonyl (C=O) groups is 3. The Balaban J connectivity index is 0.00000272. The fraction of sp³-hybridized carbons (Fsp3) is 0.476. The van der Waals surface area contributed by atoms with Gasteiger partial charge in [0.25, 0.3) is 0 Å². The van der Waals surface area contributed by atoms with Gasteiger partial charge in [-0.15, -0.1) is 0 Å². The Morgan fingerprint density at radius 1 is 1.27 bits per heavy atom. The number of ketones is 1. The van der Waals surface area contributed by atoms with E-state index in [0.717, 1.165) is 6.07 Å². The van der Waals surface area contributed by atoms with Crippen molar-refractivity contribution in [1.82, 2.24) is 10.2 Å². The number of azo groups is 1. The molecule has 7 nitrogen and oxygen atoms in total. The van der Waals surface area contributed by atoms with Crippen LogP contribution in [0.2, 0.25) is 5.02 Å². The highest BCUT2D eigenvalue weighted by Gasteiger charge is 2.40. The lowest BCUT2D eigenvalue weighted by atomic mass is 9.92. The highest BCUT2D eigenvalue weighted by molar-refractivity contribution is 7.59. The molecule has 12 heteroatoms. The molecular formula is C21H27ClF2N4O3S2. The van der Waals surface area contributed by atoms with Crippen molar-refractivity contribution in [3.8, 4) is 0 Å². The number of nitrogens with zero attached hydrogens (tertiary/aromatic N) is 3. The van der Waals surface area contributed by atoms with Crippen LogP contribution in [0.25, 0.3) is 0 Å². The quantitative estimate of drug-likeness (QED) is 0.460. The number of Topliss-reactive ketones (excluding diaryl/α,β-unsaturated/α-hetero) is 1. The molecule has 1 N–H and O–H groups in total. The first-order valence-electron chi connectivity index (χ1n) is 10.1. The molecule has 3 rings (SSSR count). The van der Waals surface area contributed by atoms with Gasteiger partial charge in [0.2, 0.25) is 0 Å². The number of benzene rings is 1. The Morgan fingerprint density at radius 3 is 2.55 bits per heavy atom. The Bertz CT molecular complexity index is 954. The van der Waals surface area contributed by atoms with Crippen LogP contribution in [-0.2, 0) is 20.8 Å². The summed E-state index contributed by atoms with van der Waals surface area (Å²) in [5, 5.41) is 10.1. The van der Waals surface area contributed by atoms with E-state index >= 15 is 0 Å². The first-order valence-corrected chi connectivity index (χ1v) is 10.5. The van der Waals surface area contributed by atoms with Crippen molar-refractivity contribution in [2.24, 2.45) is 16.1 Å². The second kappa shape index (κ2) is 12.5. The minimum Gasteiger partial charge on any atom is -0.339 e. The van der Waals surface area contributed by atoms with Crippen molar-refractivity contribution in [2.45, 2.75) is 45.2 Å². The monoisotopic (exact) mass is 520 g/mol. The summed E-state index contributed by atoms with van der Waals surface area (Å²) in [4.78, 5) is 39.3. The maximum atomic E-state index is 13.6. The van der Waals surface area contributed by atoms with E-state index in [1.165, 1.54) is 11.0 Å². The van der Waals surface area contributed by atoms with Crippen LogP contribution in [-0.4, -0.2) is 47.7 Å². The Hall–Kier alpha value is -1.98. The molecule has 2 aliphatic rings. The van der Waals surface area contributed by atoms with Crippen molar-refractivity contribution >= 4 is 56.2 Å². The van der Waals surface area contributed by atoms with E-state index in [1.807, 2.05) is 6.92 Å². The van der Waals surface area contributed by atoms with Crippen molar-refractivity contribution in [3.63, 3.8) is 0 Å². The predicted molar refractivity (Wildman–Crippen MR) is 130 cm³/mol. The van der Waals surface area contributed by atoms with Gasteiger partial charge < -0.3 is 10.2 Å². The fourth-order valence-corrected chi connectivity index (χ4v) is 4.17. The molecule has 3 atom stereocenters. The molecular weight excluding hydrogens is 494 g/mol. The van der Waals surface area contributed by atoms with Gasteiger partial charge in [-0.25, -0.2) is 8.78 Å². The molecule has 0 radical (unpaired) electrons. The predicted octanol–water partition coefficient (Wildman–Crippen LogP) is 3.44. The zero-order valence-corrected chi connectivity index (χ0v) is 21.0. The summed E-state index contributed by atoms with van der Waals surface area (Å²) in [7, 11) is 0. The third-order valence-corrected chi connectivity index (χ3v) is 5.96. The largest absolute Gasteiger partial charge is 0.339 e. The van der Waals surface area contributed by atoms with Gasteiger partial charge in [0.05, 0.1) is 23.3 Å². The Kier molecular flexibility index (Phi) is 11.0. The van der Waals surface area contributed by atoms with Gasteiger partial charge in [-0.05, 0) is 43.5 Å². The molecule has 1 saturated heterocycles. The van der Waals surface area contributed by atoms with Gasteiger partial charge in [-0.3, -0.25) is 14.4 Å². The minimum absolute atomic E-state index is 0. The molecule has 1 fully saturated rings. The van der Waals surface area contributed by atoms with E-state index in [-0.39, 0.29) is 51.3 Å². The van der Waals surface area contributed by atoms with Gasteiger partial charge in [-0.1, -0.05) is 18.5 Å². The lowest BCUT2D eigenvalue weighted by Crippen LogP contribution is -2.48. The van der Waals surface area contributed by atoms with E-state index in [2.05, 4.69) is 15.5 Å². The average Bonchev–Trinajstić information content (AvgIpc) is 3.39. The molecule has 2 aliphatic heterocycles. The molecule has 182 valence electrons. The lowest BCUT2D eigenvalue weighted by Gasteiger charge is -2.25. The molecule has 0 saturated carbocycles. The van der Waals surface area contributed by atoms with Gasteiger partial charge in [-0.2, -0.15) is 37.2 Å². The van der Waals surface area contributed by atoms with Gasteiger partial charge in [0.15, 0.2) is 11.6 Å². The molecule has 2 amide bonds.